The van der Waals surface area contributed by atoms with Crippen molar-refractivity contribution >= 4 is 28.3 Å². The number of likely N-dealkylation sites (tertiary alicyclic amines) is 1. The Hall–Kier alpha value is -5.11. The van der Waals surface area contributed by atoms with E-state index in [1.54, 1.807) is 0 Å². The van der Waals surface area contributed by atoms with Gasteiger partial charge in [-0.15, -0.1) is 0 Å². The number of hydrogen-bond acceptors (Lipinski definition) is 5. The fraction of sp³-hybridized carbons (Fsp3) is 0.289. The molecule has 2 aliphatic heterocycles. The molecule has 3 heterocycles. The van der Waals surface area contributed by atoms with Crippen LogP contribution in [0.4, 0.5) is 5.69 Å². The molecule has 0 unspecified atom stereocenters. The van der Waals surface area contributed by atoms with E-state index in [1.807, 2.05) is 82.1 Å². The molecule has 5 aromatic rings. The minimum atomic E-state index is -0.0976. The number of amides is 2. The van der Waals surface area contributed by atoms with E-state index in [0.717, 1.165) is 70.5 Å². The minimum absolute atomic E-state index is 0.0966. The standard InChI is InChI=1S/C38H39N5O3/c1-3-46-32-12-8-11-31(25-32)43-26-34(39-36(43)28-15-13-27(2)14-16-28)38(45)42-21-19-40(20-22-42)35-24-30-10-5-4-9-29(30)23-33(35)37(44)41-17-6-7-18-41/h4-5,8-16,23-26H,3,6-7,17-22H2,1-2H3. The van der Waals surface area contributed by atoms with E-state index in [-0.39, 0.29) is 11.8 Å². The zero-order valence-electron chi connectivity index (χ0n) is 26.5. The molecule has 0 atom stereocenters. The lowest BCUT2D eigenvalue weighted by atomic mass is 10.0. The summed E-state index contributed by atoms with van der Waals surface area (Å²) >= 11 is 0. The fourth-order valence-corrected chi connectivity index (χ4v) is 6.54. The zero-order valence-corrected chi connectivity index (χ0v) is 26.5. The van der Waals surface area contributed by atoms with E-state index in [0.29, 0.717) is 44.3 Å². The first-order valence-electron chi connectivity index (χ1n) is 16.2. The number of imidazole rings is 1. The van der Waals surface area contributed by atoms with Gasteiger partial charge in [0.05, 0.1) is 23.5 Å². The molecule has 7 rings (SSSR count). The molecule has 2 aliphatic rings. The molecule has 0 saturated carbocycles. The zero-order chi connectivity index (χ0) is 31.6. The van der Waals surface area contributed by atoms with Gasteiger partial charge in [0.1, 0.15) is 17.3 Å². The second kappa shape index (κ2) is 12.7. The van der Waals surface area contributed by atoms with Gasteiger partial charge in [-0.05, 0) is 61.7 Å². The molecule has 8 heteroatoms. The van der Waals surface area contributed by atoms with Crippen molar-refractivity contribution < 1.29 is 14.3 Å². The van der Waals surface area contributed by atoms with Crippen molar-refractivity contribution in [2.75, 3.05) is 50.8 Å². The molecular weight excluding hydrogens is 574 g/mol. The number of carbonyl (C=O) groups is 2. The van der Waals surface area contributed by atoms with Crippen molar-refractivity contribution in [3.8, 4) is 22.8 Å². The van der Waals surface area contributed by atoms with Gasteiger partial charge in [-0.2, -0.15) is 0 Å². The Morgan fingerprint density at radius 2 is 1.46 bits per heavy atom. The van der Waals surface area contributed by atoms with Crippen LogP contribution in [0.1, 0.15) is 46.2 Å². The van der Waals surface area contributed by atoms with Crippen molar-refractivity contribution in [3.05, 3.63) is 108 Å². The van der Waals surface area contributed by atoms with Gasteiger partial charge in [-0.3, -0.25) is 14.2 Å². The lowest BCUT2D eigenvalue weighted by Gasteiger charge is -2.37. The Morgan fingerprint density at radius 3 is 2.17 bits per heavy atom. The van der Waals surface area contributed by atoms with Crippen LogP contribution < -0.4 is 9.64 Å². The van der Waals surface area contributed by atoms with Crippen LogP contribution in [-0.2, 0) is 0 Å². The summed E-state index contributed by atoms with van der Waals surface area (Å²) in [6.45, 7) is 8.54. The van der Waals surface area contributed by atoms with E-state index in [9.17, 15) is 9.59 Å². The highest BCUT2D eigenvalue weighted by Crippen LogP contribution is 2.31. The topological polar surface area (TPSA) is 70.9 Å². The molecule has 0 radical (unpaired) electrons. The van der Waals surface area contributed by atoms with Gasteiger partial charge in [0, 0.05) is 57.1 Å². The van der Waals surface area contributed by atoms with Crippen LogP contribution >= 0.6 is 0 Å². The molecule has 46 heavy (non-hydrogen) atoms. The number of piperazine rings is 1. The van der Waals surface area contributed by atoms with Gasteiger partial charge in [0.25, 0.3) is 11.8 Å². The van der Waals surface area contributed by atoms with Gasteiger partial charge in [-0.1, -0.05) is 60.2 Å². The SMILES string of the molecule is CCOc1cccc(-n2cc(C(=O)N3CCN(c4cc5ccccc5cc4C(=O)N4CCCC4)CC3)nc2-c2ccc(C)cc2)c1. The first-order chi connectivity index (χ1) is 22.5. The summed E-state index contributed by atoms with van der Waals surface area (Å²) in [5, 5.41) is 2.17. The van der Waals surface area contributed by atoms with Crippen molar-refractivity contribution in [2.45, 2.75) is 26.7 Å². The molecule has 2 saturated heterocycles. The molecule has 4 aromatic carbocycles. The van der Waals surface area contributed by atoms with E-state index in [4.69, 9.17) is 9.72 Å². The van der Waals surface area contributed by atoms with E-state index < -0.39 is 0 Å². The lowest BCUT2D eigenvalue weighted by molar-refractivity contribution is 0.0738. The highest BCUT2D eigenvalue weighted by atomic mass is 16.5. The molecule has 0 bridgehead atoms. The predicted octanol–water partition coefficient (Wildman–Crippen LogP) is 6.60. The van der Waals surface area contributed by atoms with Crippen LogP contribution in [0, 0.1) is 6.92 Å². The van der Waals surface area contributed by atoms with Crippen molar-refractivity contribution in [1.29, 1.82) is 0 Å². The van der Waals surface area contributed by atoms with Crippen molar-refractivity contribution in [1.82, 2.24) is 19.4 Å². The van der Waals surface area contributed by atoms with Crippen LogP contribution in [0.25, 0.3) is 27.8 Å². The number of aromatic nitrogens is 2. The van der Waals surface area contributed by atoms with Crippen molar-refractivity contribution in [3.63, 3.8) is 0 Å². The largest absolute Gasteiger partial charge is 0.494 e. The Morgan fingerprint density at radius 1 is 0.761 bits per heavy atom. The second-order valence-electron chi connectivity index (χ2n) is 12.1. The molecule has 0 aliphatic carbocycles. The fourth-order valence-electron chi connectivity index (χ4n) is 6.54. The molecule has 0 N–H and O–H groups in total. The number of nitrogens with zero attached hydrogens (tertiary/aromatic N) is 5. The highest BCUT2D eigenvalue weighted by Gasteiger charge is 2.29. The summed E-state index contributed by atoms with van der Waals surface area (Å²) in [6, 6.07) is 28.4. The highest BCUT2D eigenvalue weighted by molar-refractivity contribution is 6.05. The van der Waals surface area contributed by atoms with Crippen LogP contribution in [0.5, 0.6) is 5.75 Å². The lowest BCUT2D eigenvalue weighted by Crippen LogP contribution is -2.49. The average molecular weight is 614 g/mol. The number of fused-ring (bicyclic) bond motifs is 1. The smallest absolute Gasteiger partial charge is 0.274 e. The molecular formula is C38H39N5O3. The van der Waals surface area contributed by atoms with Gasteiger partial charge < -0.3 is 19.4 Å². The number of benzene rings is 4. The summed E-state index contributed by atoms with van der Waals surface area (Å²) < 4.78 is 7.74. The Bertz CT molecular complexity index is 1880. The Labute approximate surface area is 269 Å². The number of ether oxygens (including phenoxy) is 1. The second-order valence-corrected chi connectivity index (χ2v) is 12.1. The number of anilines is 1. The summed E-state index contributed by atoms with van der Waals surface area (Å²) in [6.07, 6.45) is 3.94. The van der Waals surface area contributed by atoms with Gasteiger partial charge in [-0.25, -0.2) is 4.98 Å². The van der Waals surface area contributed by atoms with Gasteiger partial charge in [0.15, 0.2) is 0 Å². The molecule has 2 fully saturated rings. The number of aryl methyl sites for hydroxylation is 1. The third-order valence-electron chi connectivity index (χ3n) is 9.04. The summed E-state index contributed by atoms with van der Waals surface area (Å²) in [5.74, 6) is 1.47. The molecule has 234 valence electrons. The first-order valence-corrected chi connectivity index (χ1v) is 16.2. The normalized spacial score (nSPS) is 15.0. The molecule has 8 nitrogen and oxygen atoms in total. The maximum absolute atomic E-state index is 14.0. The molecule has 1 aromatic heterocycles. The summed E-state index contributed by atoms with van der Waals surface area (Å²) in [7, 11) is 0. The number of hydrogen-bond donors (Lipinski definition) is 0. The van der Waals surface area contributed by atoms with Gasteiger partial charge in [0.2, 0.25) is 0 Å². The Kier molecular flexibility index (Phi) is 8.18. The third-order valence-corrected chi connectivity index (χ3v) is 9.04. The monoisotopic (exact) mass is 613 g/mol. The van der Waals surface area contributed by atoms with E-state index in [2.05, 4.69) is 42.2 Å². The van der Waals surface area contributed by atoms with Crippen LogP contribution in [0.2, 0.25) is 0 Å². The molecule has 0 spiro atoms. The van der Waals surface area contributed by atoms with Crippen LogP contribution in [0.15, 0.2) is 91.1 Å². The quantitative estimate of drug-likeness (QED) is 0.207. The summed E-state index contributed by atoms with van der Waals surface area (Å²) in [5.41, 5.74) is 5.07. The maximum Gasteiger partial charge on any atom is 0.274 e. The summed E-state index contributed by atoms with van der Waals surface area (Å²) in [4.78, 5) is 38.6. The van der Waals surface area contributed by atoms with E-state index in [1.165, 1.54) is 0 Å². The third kappa shape index (κ3) is 5.83. The van der Waals surface area contributed by atoms with Crippen LogP contribution in [-0.4, -0.2) is 77.0 Å². The maximum atomic E-state index is 14.0. The number of carbonyl (C=O) groups excluding carboxylic acids is 2. The minimum Gasteiger partial charge on any atom is -0.494 e. The Balaban J connectivity index is 1.15. The molecule has 2 amide bonds. The van der Waals surface area contributed by atoms with Crippen molar-refractivity contribution in [2.24, 2.45) is 0 Å². The first kappa shape index (κ1) is 29.6. The number of rotatable bonds is 7. The average Bonchev–Trinajstić information content (AvgIpc) is 3.80. The van der Waals surface area contributed by atoms with E-state index >= 15 is 0 Å². The van der Waals surface area contributed by atoms with Gasteiger partial charge >= 0.3 is 0 Å². The predicted molar refractivity (Wildman–Crippen MR) is 182 cm³/mol. The van der Waals surface area contributed by atoms with Crippen LogP contribution in [0.3, 0.4) is 0 Å².